The fourth-order valence-electron chi connectivity index (χ4n) is 1.98. The third kappa shape index (κ3) is 2.01. The van der Waals surface area contributed by atoms with E-state index in [2.05, 4.69) is 11.9 Å². The molecule has 1 amide bonds. The number of rotatable bonds is 4. The first-order valence-electron chi connectivity index (χ1n) is 5.56. The second-order valence-electron chi connectivity index (χ2n) is 3.93. The van der Waals surface area contributed by atoms with Gasteiger partial charge in [0.1, 0.15) is 0 Å². The average Bonchev–Trinajstić information content (AvgIpc) is 2.56. The Morgan fingerprint density at radius 2 is 2.33 bits per heavy atom. The van der Waals surface area contributed by atoms with Crippen LogP contribution in [0, 0.1) is 0 Å². The van der Waals surface area contributed by atoms with Gasteiger partial charge in [0.15, 0.2) is 0 Å². The lowest BCUT2D eigenvalue weighted by molar-refractivity contribution is -0.117. The highest BCUT2D eigenvalue weighted by molar-refractivity contribution is 6.01. The first kappa shape index (κ1) is 10.1. The average molecular weight is 204 g/mol. The number of carbonyl (C=O) groups is 1. The van der Waals surface area contributed by atoms with Crippen LogP contribution in [0.4, 0.5) is 5.69 Å². The quantitative estimate of drug-likeness (QED) is 0.704. The SMILES string of the molecule is CCCCCN1C(=O)Cc2cnccc21. The van der Waals surface area contributed by atoms with Gasteiger partial charge in [-0.05, 0) is 12.5 Å². The number of anilines is 1. The molecule has 2 heterocycles. The molecular formula is C12H16N2O. The van der Waals surface area contributed by atoms with Crippen molar-refractivity contribution in [2.24, 2.45) is 0 Å². The van der Waals surface area contributed by atoms with Gasteiger partial charge in [0, 0.05) is 24.5 Å². The summed E-state index contributed by atoms with van der Waals surface area (Å²) in [6.45, 7) is 3.02. The molecule has 0 bridgehead atoms. The molecule has 0 fully saturated rings. The molecule has 0 saturated carbocycles. The van der Waals surface area contributed by atoms with E-state index in [9.17, 15) is 4.79 Å². The molecule has 2 rings (SSSR count). The minimum atomic E-state index is 0.217. The Balaban J connectivity index is 2.08. The molecule has 0 radical (unpaired) electrons. The highest BCUT2D eigenvalue weighted by atomic mass is 16.2. The Morgan fingerprint density at radius 1 is 1.47 bits per heavy atom. The van der Waals surface area contributed by atoms with Gasteiger partial charge in [-0.15, -0.1) is 0 Å². The van der Waals surface area contributed by atoms with Crippen LogP contribution >= 0.6 is 0 Å². The second-order valence-corrected chi connectivity index (χ2v) is 3.93. The van der Waals surface area contributed by atoms with Crippen molar-refractivity contribution in [3.05, 3.63) is 24.0 Å². The van der Waals surface area contributed by atoms with Crippen LogP contribution in [0.1, 0.15) is 31.7 Å². The monoisotopic (exact) mass is 204 g/mol. The number of unbranched alkanes of at least 4 members (excludes halogenated alkanes) is 2. The normalized spacial score (nSPS) is 14.5. The number of hydrogen-bond donors (Lipinski definition) is 0. The van der Waals surface area contributed by atoms with Crippen molar-refractivity contribution in [3.63, 3.8) is 0 Å². The first-order valence-corrected chi connectivity index (χ1v) is 5.56. The van der Waals surface area contributed by atoms with Gasteiger partial charge >= 0.3 is 0 Å². The Bertz CT molecular complexity index is 362. The maximum atomic E-state index is 11.7. The summed E-state index contributed by atoms with van der Waals surface area (Å²) in [6.07, 6.45) is 7.53. The van der Waals surface area contributed by atoms with E-state index in [0.29, 0.717) is 6.42 Å². The molecule has 0 atom stereocenters. The zero-order valence-corrected chi connectivity index (χ0v) is 9.07. The summed E-state index contributed by atoms with van der Waals surface area (Å²) in [6, 6.07) is 1.94. The molecule has 1 aliphatic rings. The summed E-state index contributed by atoms with van der Waals surface area (Å²) in [5.74, 6) is 0.217. The zero-order valence-electron chi connectivity index (χ0n) is 9.07. The molecule has 0 N–H and O–H groups in total. The van der Waals surface area contributed by atoms with E-state index in [-0.39, 0.29) is 5.91 Å². The third-order valence-electron chi connectivity index (χ3n) is 2.80. The van der Waals surface area contributed by atoms with Crippen LogP contribution in [0.3, 0.4) is 0 Å². The van der Waals surface area contributed by atoms with Crippen LogP contribution in [0.5, 0.6) is 0 Å². The van der Waals surface area contributed by atoms with Crippen molar-refractivity contribution in [1.82, 2.24) is 4.98 Å². The smallest absolute Gasteiger partial charge is 0.231 e. The summed E-state index contributed by atoms with van der Waals surface area (Å²) < 4.78 is 0. The van der Waals surface area contributed by atoms with E-state index in [4.69, 9.17) is 0 Å². The molecular weight excluding hydrogens is 188 g/mol. The Kier molecular flexibility index (Phi) is 2.99. The number of pyridine rings is 1. The Morgan fingerprint density at radius 3 is 3.13 bits per heavy atom. The first-order chi connectivity index (χ1) is 7.33. The highest BCUT2D eigenvalue weighted by Gasteiger charge is 2.26. The van der Waals surface area contributed by atoms with Gasteiger partial charge < -0.3 is 4.90 Å². The summed E-state index contributed by atoms with van der Waals surface area (Å²) in [4.78, 5) is 17.7. The van der Waals surface area contributed by atoms with Crippen LogP contribution in [0.2, 0.25) is 0 Å². The van der Waals surface area contributed by atoms with Gasteiger partial charge in [-0.3, -0.25) is 9.78 Å². The summed E-state index contributed by atoms with van der Waals surface area (Å²) in [7, 11) is 0. The third-order valence-corrected chi connectivity index (χ3v) is 2.80. The molecule has 0 spiro atoms. The van der Waals surface area contributed by atoms with Crippen LogP contribution in [-0.4, -0.2) is 17.4 Å². The van der Waals surface area contributed by atoms with E-state index in [1.54, 1.807) is 12.4 Å². The number of carbonyl (C=O) groups excluding carboxylic acids is 1. The van der Waals surface area contributed by atoms with Crippen LogP contribution in [0.25, 0.3) is 0 Å². The topological polar surface area (TPSA) is 33.2 Å². The molecule has 1 aromatic rings. The molecule has 0 aliphatic carbocycles. The van der Waals surface area contributed by atoms with Crippen molar-refractivity contribution >= 4 is 11.6 Å². The van der Waals surface area contributed by atoms with Crippen molar-refractivity contribution < 1.29 is 4.79 Å². The molecule has 3 nitrogen and oxygen atoms in total. The predicted molar refractivity (Wildman–Crippen MR) is 59.8 cm³/mol. The van der Waals surface area contributed by atoms with Gasteiger partial charge in [0.25, 0.3) is 0 Å². The molecule has 0 unspecified atom stereocenters. The summed E-state index contributed by atoms with van der Waals surface area (Å²) in [5.41, 5.74) is 2.13. The highest BCUT2D eigenvalue weighted by Crippen LogP contribution is 2.27. The fourth-order valence-corrected chi connectivity index (χ4v) is 1.98. The maximum Gasteiger partial charge on any atom is 0.231 e. The largest absolute Gasteiger partial charge is 0.312 e. The van der Waals surface area contributed by atoms with Gasteiger partial charge in [0.2, 0.25) is 5.91 Å². The van der Waals surface area contributed by atoms with E-state index in [0.717, 1.165) is 24.2 Å². The predicted octanol–water partition coefficient (Wildman–Crippen LogP) is 2.16. The van der Waals surface area contributed by atoms with Gasteiger partial charge in [-0.1, -0.05) is 19.8 Å². The summed E-state index contributed by atoms with van der Waals surface area (Å²) >= 11 is 0. The number of fused-ring (bicyclic) bond motifs is 1. The molecule has 0 saturated heterocycles. The molecule has 80 valence electrons. The van der Waals surface area contributed by atoms with Gasteiger partial charge in [0.05, 0.1) is 12.1 Å². The molecule has 1 aromatic heterocycles. The minimum absolute atomic E-state index is 0.217. The fraction of sp³-hybridized carbons (Fsp3) is 0.500. The maximum absolute atomic E-state index is 11.7. The van der Waals surface area contributed by atoms with Crippen molar-refractivity contribution in [3.8, 4) is 0 Å². The van der Waals surface area contributed by atoms with E-state index < -0.39 is 0 Å². The zero-order chi connectivity index (χ0) is 10.7. The van der Waals surface area contributed by atoms with Crippen molar-refractivity contribution in [1.29, 1.82) is 0 Å². The van der Waals surface area contributed by atoms with Gasteiger partial charge in [-0.25, -0.2) is 0 Å². The lowest BCUT2D eigenvalue weighted by Crippen LogP contribution is -2.27. The molecule has 15 heavy (non-hydrogen) atoms. The number of amides is 1. The van der Waals surface area contributed by atoms with Crippen LogP contribution in [-0.2, 0) is 11.2 Å². The number of hydrogen-bond acceptors (Lipinski definition) is 2. The number of nitrogens with zero attached hydrogens (tertiary/aromatic N) is 2. The summed E-state index contributed by atoms with van der Waals surface area (Å²) in [5, 5.41) is 0. The van der Waals surface area contributed by atoms with Crippen molar-refractivity contribution in [2.45, 2.75) is 32.6 Å². The number of aromatic nitrogens is 1. The van der Waals surface area contributed by atoms with E-state index >= 15 is 0 Å². The standard InChI is InChI=1S/C12H16N2O/c1-2-3-4-7-14-11-5-6-13-9-10(11)8-12(14)15/h5-6,9H,2-4,7-8H2,1H3. The van der Waals surface area contributed by atoms with E-state index in [1.165, 1.54) is 12.8 Å². The Labute approximate surface area is 90.1 Å². The molecule has 1 aliphatic heterocycles. The van der Waals surface area contributed by atoms with Gasteiger partial charge in [-0.2, -0.15) is 0 Å². The van der Waals surface area contributed by atoms with Crippen LogP contribution < -0.4 is 4.90 Å². The van der Waals surface area contributed by atoms with Crippen molar-refractivity contribution in [2.75, 3.05) is 11.4 Å². The lowest BCUT2D eigenvalue weighted by Gasteiger charge is -2.16. The Hall–Kier alpha value is -1.38. The second kappa shape index (κ2) is 4.43. The molecule has 0 aromatic carbocycles. The van der Waals surface area contributed by atoms with Crippen LogP contribution in [0.15, 0.2) is 18.5 Å². The molecule has 3 heteroatoms. The minimum Gasteiger partial charge on any atom is -0.312 e. The van der Waals surface area contributed by atoms with E-state index in [1.807, 2.05) is 11.0 Å². The lowest BCUT2D eigenvalue weighted by atomic mass is 10.2.